The molecule has 0 aliphatic rings. The Morgan fingerprint density at radius 2 is 1.68 bits per heavy atom. The molecule has 3 rings (SSSR count). The van der Waals surface area contributed by atoms with Crippen LogP contribution in [0.15, 0.2) is 70.0 Å². The number of carbonyl (C=O) groups is 1. The van der Waals surface area contributed by atoms with Gasteiger partial charge in [-0.2, -0.15) is 0 Å². The van der Waals surface area contributed by atoms with Crippen LogP contribution in [0.2, 0.25) is 0 Å². The molecule has 1 amide bonds. The number of sulfone groups is 1. The van der Waals surface area contributed by atoms with Crippen LogP contribution in [-0.4, -0.2) is 27.6 Å². The molecule has 0 N–H and O–H groups in total. The van der Waals surface area contributed by atoms with E-state index in [4.69, 9.17) is 9.15 Å². The van der Waals surface area contributed by atoms with Gasteiger partial charge in [0.1, 0.15) is 23.9 Å². The van der Waals surface area contributed by atoms with Gasteiger partial charge in [0.15, 0.2) is 15.6 Å². The number of anilines is 1. The number of furan rings is 1. The van der Waals surface area contributed by atoms with Crippen molar-refractivity contribution in [1.29, 1.82) is 0 Å². The molecule has 6 nitrogen and oxygen atoms in total. The molecule has 0 aliphatic carbocycles. The largest absolute Gasteiger partial charge is 0.486 e. The first-order valence-electron chi connectivity index (χ1n) is 8.29. The summed E-state index contributed by atoms with van der Waals surface area (Å²) in [6.45, 7) is 0.0890. The molecule has 0 unspecified atom stereocenters. The molecule has 2 aromatic carbocycles. The summed E-state index contributed by atoms with van der Waals surface area (Å²) in [5, 5.41) is 0. The lowest BCUT2D eigenvalue weighted by Gasteiger charge is -2.16. The van der Waals surface area contributed by atoms with E-state index in [1.807, 2.05) is 0 Å². The molecule has 0 bridgehead atoms. The highest BCUT2D eigenvalue weighted by molar-refractivity contribution is 7.90. The minimum Gasteiger partial charge on any atom is -0.486 e. The summed E-state index contributed by atoms with van der Waals surface area (Å²) < 4.78 is 47.0. The molecule has 0 saturated carbocycles. The van der Waals surface area contributed by atoms with Gasteiger partial charge in [-0.15, -0.1) is 0 Å². The Balaban J connectivity index is 1.66. The van der Waals surface area contributed by atoms with Crippen LogP contribution in [0.25, 0.3) is 0 Å². The number of hydrogen-bond donors (Lipinski definition) is 0. The zero-order chi connectivity index (χ0) is 20.3. The van der Waals surface area contributed by atoms with Crippen molar-refractivity contribution in [3.63, 3.8) is 0 Å². The van der Waals surface area contributed by atoms with Crippen molar-refractivity contribution < 1.29 is 26.8 Å². The fourth-order valence-corrected chi connectivity index (χ4v) is 3.09. The van der Waals surface area contributed by atoms with E-state index in [1.54, 1.807) is 25.2 Å². The van der Waals surface area contributed by atoms with Crippen LogP contribution >= 0.6 is 0 Å². The molecule has 0 spiro atoms. The van der Waals surface area contributed by atoms with E-state index >= 15 is 0 Å². The van der Waals surface area contributed by atoms with E-state index in [0.717, 1.165) is 6.26 Å². The fourth-order valence-electron chi connectivity index (χ4n) is 2.46. The van der Waals surface area contributed by atoms with Gasteiger partial charge in [0.25, 0.3) is 5.91 Å². The number of carbonyl (C=O) groups excluding carboxylic acids is 1. The molecular formula is C20H18FNO5S. The lowest BCUT2D eigenvalue weighted by Crippen LogP contribution is -2.25. The minimum atomic E-state index is -3.30. The van der Waals surface area contributed by atoms with E-state index in [1.165, 1.54) is 47.4 Å². The van der Waals surface area contributed by atoms with Crippen LogP contribution in [0.1, 0.15) is 16.3 Å². The summed E-state index contributed by atoms with van der Waals surface area (Å²) in [4.78, 5) is 14.1. The maximum absolute atomic E-state index is 12.9. The first-order valence-corrected chi connectivity index (χ1v) is 10.2. The number of halogens is 1. The summed E-state index contributed by atoms with van der Waals surface area (Å²) in [6, 6.07) is 14.7. The number of hydrogen-bond acceptors (Lipinski definition) is 5. The van der Waals surface area contributed by atoms with Crippen molar-refractivity contribution >= 4 is 21.4 Å². The van der Waals surface area contributed by atoms with Crippen LogP contribution < -0.4 is 9.64 Å². The van der Waals surface area contributed by atoms with Gasteiger partial charge >= 0.3 is 0 Å². The van der Waals surface area contributed by atoms with Crippen molar-refractivity contribution in [1.82, 2.24) is 0 Å². The normalized spacial score (nSPS) is 11.2. The van der Waals surface area contributed by atoms with E-state index in [2.05, 4.69) is 0 Å². The summed E-state index contributed by atoms with van der Waals surface area (Å²) in [6.07, 6.45) is 1.12. The third kappa shape index (κ3) is 4.58. The molecule has 28 heavy (non-hydrogen) atoms. The van der Waals surface area contributed by atoms with Crippen molar-refractivity contribution in [3.05, 3.63) is 78.0 Å². The van der Waals surface area contributed by atoms with E-state index in [9.17, 15) is 17.6 Å². The van der Waals surface area contributed by atoms with Gasteiger partial charge in [-0.3, -0.25) is 4.79 Å². The predicted molar refractivity (Wildman–Crippen MR) is 102 cm³/mol. The van der Waals surface area contributed by atoms with Crippen LogP contribution in [0.3, 0.4) is 0 Å². The molecule has 0 fully saturated rings. The third-order valence-electron chi connectivity index (χ3n) is 4.02. The monoisotopic (exact) mass is 403 g/mol. The maximum Gasteiger partial charge on any atom is 0.293 e. The second kappa shape index (κ2) is 7.85. The van der Waals surface area contributed by atoms with E-state index in [0.29, 0.717) is 17.2 Å². The van der Waals surface area contributed by atoms with Crippen molar-refractivity contribution in [2.75, 3.05) is 18.2 Å². The summed E-state index contributed by atoms with van der Waals surface area (Å²) in [7, 11) is -1.74. The average Bonchev–Trinajstić information content (AvgIpc) is 3.15. The highest BCUT2D eigenvalue weighted by Gasteiger charge is 2.18. The number of ether oxygens (including phenoxy) is 1. The quantitative estimate of drug-likeness (QED) is 0.628. The second-order valence-electron chi connectivity index (χ2n) is 6.14. The Labute approximate surface area is 162 Å². The smallest absolute Gasteiger partial charge is 0.293 e. The molecule has 1 heterocycles. The van der Waals surface area contributed by atoms with Gasteiger partial charge < -0.3 is 14.1 Å². The standard InChI is InChI=1S/C20H18FNO5S/c1-22(15-5-10-18(11-6-15)28(2,24)25)20(23)19-12-9-17(27-19)13-26-16-7-3-14(21)4-8-16/h3-12H,13H2,1-2H3. The lowest BCUT2D eigenvalue weighted by molar-refractivity contribution is 0.0962. The Kier molecular flexibility index (Phi) is 5.51. The van der Waals surface area contributed by atoms with Gasteiger partial charge in [0, 0.05) is 19.0 Å². The number of rotatable bonds is 6. The van der Waals surface area contributed by atoms with Crippen LogP contribution in [0.5, 0.6) is 5.75 Å². The van der Waals surface area contributed by atoms with Crippen molar-refractivity contribution in [2.24, 2.45) is 0 Å². The molecule has 0 atom stereocenters. The van der Waals surface area contributed by atoms with Gasteiger partial charge in [0.2, 0.25) is 0 Å². The van der Waals surface area contributed by atoms with Gasteiger partial charge in [0.05, 0.1) is 4.90 Å². The second-order valence-corrected chi connectivity index (χ2v) is 8.15. The Morgan fingerprint density at radius 3 is 2.29 bits per heavy atom. The van der Waals surface area contributed by atoms with Crippen LogP contribution in [-0.2, 0) is 16.4 Å². The van der Waals surface area contributed by atoms with Crippen molar-refractivity contribution in [3.8, 4) is 5.75 Å². The molecule has 0 aliphatic heterocycles. The molecule has 0 radical (unpaired) electrons. The van der Waals surface area contributed by atoms with E-state index in [-0.39, 0.29) is 29.0 Å². The van der Waals surface area contributed by atoms with Gasteiger partial charge in [-0.25, -0.2) is 12.8 Å². The summed E-state index contributed by atoms with van der Waals surface area (Å²) in [5.41, 5.74) is 0.526. The highest BCUT2D eigenvalue weighted by atomic mass is 32.2. The average molecular weight is 403 g/mol. The summed E-state index contributed by atoms with van der Waals surface area (Å²) in [5.74, 6) is 0.292. The minimum absolute atomic E-state index is 0.0890. The molecule has 8 heteroatoms. The van der Waals surface area contributed by atoms with Crippen LogP contribution in [0.4, 0.5) is 10.1 Å². The predicted octanol–water partition coefficient (Wildman–Crippen LogP) is 3.68. The molecule has 3 aromatic rings. The zero-order valence-corrected chi connectivity index (χ0v) is 16.1. The van der Waals surface area contributed by atoms with Crippen LogP contribution in [0, 0.1) is 5.82 Å². The Hall–Kier alpha value is -3.13. The fraction of sp³-hybridized carbons (Fsp3) is 0.150. The number of benzene rings is 2. The van der Waals surface area contributed by atoms with E-state index < -0.39 is 9.84 Å². The SMILES string of the molecule is CN(C(=O)c1ccc(COc2ccc(F)cc2)o1)c1ccc(S(C)(=O)=O)cc1. The first-order chi connectivity index (χ1) is 13.2. The van der Waals surface area contributed by atoms with Crippen molar-refractivity contribution in [2.45, 2.75) is 11.5 Å². The molecule has 0 saturated heterocycles. The first kappa shape index (κ1) is 19.6. The number of amides is 1. The maximum atomic E-state index is 12.9. The molecular weight excluding hydrogens is 385 g/mol. The van der Waals surface area contributed by atoms with Gasteiger partial charge in [-0.05, 0) is 60.7 Å². The lowest BCUT2D eigenvalue weighted by atomic mass is 10.3. The Bertz CT molecular complexity index is 1070. The third-order valence-corrected chi connectivity index (χ3v) is 5.15. The number of nitrogens with zero attached hydrogens (tertiary/aromatic N) is 1. The topological polar surface area (TPSA) is 76.8 Å². The molecule has 1 aromatic heterocycles. The summed E-state index contributed by atoms with van der Waals surface area (Å²) >= 11 is 0. The Morgan fingerprint density at radius 1 is 1.04 bits per heavy atom. The van der Waals surface area contributed by atoms with Gasteiger partial charge in [-0.1, -0.05) is 0 Å². The highest BCUT2D eigenvalue weighted by Crippen LogP contribution is 2.20. The zero-order valence-electron chi connectivity index (χ0n) is 15.3. The molecule has 146 valence electrons.